The summed E-state index contributed by atoms with van der Waals surface area (Å²) in [6, 6.07) is 0. The fraction of sp³-hybridized carbons (Fsp3) is 0.949. The highest BCUT2D eigenvalue weighted by Gasteiger charge is 2.58. The summed E-state index contributed by atoms with van der Waals surface area (Å²) in [5.41, 5.74) is 3.60. The van der Waals surface area contributed by atoms with E-state index < -0.39 is 43.3 Å². The number of ether oxygens (including phenoxy) is 1. The predicted molar refractivity (Wildman–Crippen MR) is 218 cm³/mol. The highest BCUT2D eigenvalue weighted by Crippen LogP contribution is 2.50. The topological polar surface area (TPSA) is 55.4 Å². The van der Waals surface area contributed by atoms with Gasteiger partial charge >= 0.3 is 7.12 Å². The maximum atomic E-state index is 7.83. The molecule has 0 radical (unpaired) electrons. The van der Waals surface area contributed by atoms with Crippen LogP contribution in [0, 0.1) is 0 Å². The molecule has 2 rings (SSSR count). The molecule has 0 spiro atoms. The number of hydrogen-bond acceptors (Lipinski definition) is 6. The quantitative estimate of drug-likeness (QED) is 0.138. The number of hydrogen-bond donors (Lipinski definition) is 0. The molecule has 49 heavy (non-hydrogen) atoms. The Labute approximate surface area is 308 Å². The molecule has 0 N–H and O–H groups in total. The Kier molecular flexibility index (Phi) is 15.3. The zero-order chi connectivity index (χ0) is 38.2. The summed E-state index contributed by atoms with van der Waals surface area (Å²) in [7, 11) is -7.59. The summed E-state index contributed by atoms with van der Waals surface area (Å²) in [5.74, 6) is 0. The molecular weight excluding hydrogens is 659 g/mol. The van der Waals surface area contributed by atoms with Gasteiger partial charge in [0.05, 0.1) is 23.9 Å². The first kappa shape index (κ1) is 45.2. The van der Waals surface area contributed by atoms with E-state index in [0.717, 1.165) is 0 Å². The zero-order valence-electron chi connectivity index (χ0n) is 36.2. The molecule has 1 fully saturated rings. The smallest absolute Gasteiger partial charge is 0.493 e. The minimum absolute atomic E-state index is 0.313. The summed E-state index contributed by atoms with van der Waals surface area (Å²) < 4.78 is 43.5. The van der Waals surface area contributed by atoms with Crippen LogP contribution in [0.3, 0.4) is 0 Å². The van der Waals surface area contributed by atoms with Crippen LogP contribution in [0.25, 0.3) is 0 Å². The second kappa shape index (κ2) is 16.6. The lowest BCUT2D eigenvalue weighted by Crippen LogP contribution is -2.62. The van der Waals surface area contributed by atoms with Crippen molar-refractivity contribution in [3.8, 4) is 0 Å². The molecule has 1 saturated heterocycles. The van der Waals surface area contributed by atoms with Gasteiger partial charge in [0.1, 0.15) is 17.9 Å². The lowest BCUT2D eigenvalue weighted by atomic mass is 9.83. The van der Waals surface area contributed by atoms with E-state index in [2.05, 4.69) is 158 Å². The molecule has 288 valence electrons. The molecule has 3 atom stereocenters. The summed E-state index contributed by atoms with van der Waals surface area (Å²) in [5, 5.41) is 0. The van der Waals surface area contributed by atoms with Crippen LogP contribution in [0.4, 0.5) is 0 Å². The standard InChI is InChI=1S/C39H81BO6Si3/c1-25(2)47(26(3)4,27(5)6)41-24-35-37(44-49(31(13)14,32(15)16)33(17)18)34(43-48(28(7)8,29(9)10)30(11)12)23-36(42-35)40-45-38(19,20)39(21,22)46-40/h23,25-35,37H,24H2,1-22H3/t34-,35-,37+/m1/s1. The van der Waals surface area contributed by atoms with Crippen molar-refractivity contribution in [1.29, 1.82) is 0 Å². The van der Waals surface area contributed by atoms with Crippen LogP contribution < -0.4 is 0 Å². The Bertz CT molecular complexity index is 1000. The van der Waals surface area contributed by atoms with Crippen molar-refractivity contribution in [2.75, 3.05) is 6.61 Å². The maximum Gasteiger partial charge on any atom is 0.531 e. The normalized spacial score (nSPS) is 23.9. The van der Waals surface area contributed by atoms with Crippen molar-refractivity contribution in [3.05, 3.63) is 11.7 Å². The Hall–Kier alpha value is 0.0556. The minimum Gasteiger partial charge on any atom is -0.493 e. The Morgan fingerprint density at radius 3 is 1.20 bits per heavy atom. The highest BCUT2D eigenvalue weighted by molar-refractivity contribution is 6.78. The van der Waals surface area contributed by atoms with E-state index in [-0.39, 0.29) is 18.3 Å². The molecule has 0 aromatic rings. The van der Waals surface area contributed by atoms with Crippen molar-refractivity contribution in [1.82, 2.24) is 0 Å². The van der Waals surface area contributed by atoms with Crippen molar-refractivity contribution >= 4 is 32.1 Å². The summed E-state index contributed by atoms with van der Waals surface area (Å²) in [6.45, 7) is 51.4. The largest absolute Gasteiger partial charge is 0.531 e. The molecule has 10 heteroatoms. The average Bonchev–Trinajstić information content (AvgIpc) is 3.15. The van der Waals surface area contributed by atoms with E-state index in [9.17, 15) is 0 Å². The van der Waals surface area contributed by atoms with Gasteiger partial charge in [0, 0.05) is 0 Å². The van der Waals surface area contributed by atoms with Gasteiger partial charge in [-0.05, 0) is 83.6 Å². The molecule has 6 nitrogen and oxygen atoms in total. The second-order valence-electron chi connectivity index (χ2n) is 19.2. The van der Waals surface area contributed by atoms with Gasteiger partial charge in [-0.15, -0.1) is 0 Å². The first-order valence-electron chi connectivity index (χ1n) is 19.9. The van der Waals surface area contributed by atoms with Crippen LogP contribution in [0.5, 0.6) is 0 Å². The van der Waals surface area contributed by atoms with E-state index in [4.69, 9.17) is 27.3 Å². The fourth-order valence-electron chi connectivity index (χ4n) is 10.2. The van der Waals surface area contributed by atoms with Gasteiger partial charge in [-0.1, -0.05) is 125 Å². The fourth-order valence-corrected chi connectivity index (χ4v) is 26.7. The third kappa shape index (κ3) is 8.57. The monoisotopic (exact) mass is 741 g/mol. The summed E-state index contributed by atoms with van der Waals surface area (Å²) >= 11 is 0. The molecule has 0 aromatic heterocycles. The van der Waals surface area contributed by atoms with E-state index in [0.29, 0.717) is 62.1 Å². The first-order chi connectivity index (χ1) is 22.2. The minimum atomic E-state index is -2.38. The van der Waals surface area contributed by atoms with E-state index in [1.165, 1.54) is 0 Å². The summed E-state index contributed by atoms with van der Waals surface area (Å²) in [4.78, 5) is 0. The molecule has 0 amide bonds. The second-order valence-corrected chi connectivity index (χ2v) is 35.5. The molecule has 2 aliphatic rings. The average molecular weight is 741 g/mol. The highest BCUT2D eigenvalue weighted by atomic mass is 28.4. The van der Waals surface area contributed by atoms with Gasteiger partial charge in [0.15, 0.2) is 0 Å². The molecule has 0 unspecified atom stereocenters. The Morgan fingerprint density at radius 1 is 0.551 bits per heavy atom. The van der Waals surface area contributed by atoms with Crippen molar-refractivity contribution in [3.63, 3.8) is 0 Å². The van der Waals surface area contributed by atoms with Crippen LogP contribution in [-0.4, -0.2) is 68.2 Å². The summed E-state index contributed by atoms with van der Waals surface area (Å²) in [6.07, 6.45) is 1.20. The van der Waals surface area contributed by atoms with Gasteiger partial charge in [-0.25, -0.2) is 0 Å². The van der Waals surface area contributed by atoms with E-state index in [1.807, 2.05) is 0 Å². The molecule has 0 aliphatic carbocycles. The van der Waals surface area contributed by atoms with Gasteiger partial charge in [-0.3, -0.25) is 0 Å². The van der Waals surface area contributed by atoms with Crippen LogP contribution in [0.15, 0.2) is 11.7 Å². The molecule has 0 bridgehead atoms. The zero-order valence-corrected chi connectivity index (χ0v) is 39.2. The lowest BCUT2D eigenvalue weighted by molar-refractivity contribution is -0.0777. The van der Waals surface area contributed by atoms with Crippen LogP contribution in [0.1, 0.15) is 152 Å². The SMILES string of the molecule is CC(C)[Si](OC[C@H]1OC(B2OC(C)(C)C(C)(C)O2)=C[C@@H](O[Si](C(C)C)(C(C)C)C(C)C)[C@@H]1O[Si](C(C)C)(C(C)C)C(C)C)(C(C)C)C(C)C. The van der Waals surface area contributed by atoms with Crippen LogP contribution in [-0.2, 0) is 27.3 Å². The van der Waals surface area contributed by atoms with E-state index in [1.54, 1.807) is 0 Å². The Morgan fingerprint density at radius 2 is 0.878 bits per heavy atom. The Balaban J connectivity index is 2.93. The van der Waals surface area contributed by atoms with Gasteiger partial charge in [0.2, 0.25) is 25.0 Å². The van der Waals surface area contributed by atoms with Crippen LogP contribution >= 0.6 is 0 Å². The van der Waals surface area contributed by atoms with Crippen LogP contribution in [0.2, 0.25) is 49.9 Å². The van der Waals surface area contributed by atoms with Crippen molar-refractivity contribution in [2.24, 2.45) is 0 Å². The third-order valence-corrected chi connectivity index (χ3v) is 31.4. The van der Waals surface area contributed by atoms with Crippen molar-refractivity contribution in [2.45, 2.75) is 232 Å². The van der Waals surface area contributed by atoms with E-state index >= 15 is 0 Å². The first-order valence-corrected chi connectivity index (χ1v) is 26.3. The van der Waals surface area contributed by atoms with Gasteiger partial charge in [-0.2, -0.15) is 0 Å². The van der Waals surface area contributed by atoms with Gasteiger partial charge in [0.25, 0.3) is 0 Å². The molecule has 0 saturated carbocycles. The van der Waals surface area contributed by atoms with Crippen molar-refractivity contribution < 1.29 is 27.3 Å². The lowest BCUT2D eigenvalue weighted by Gasteiger charge is -2.52. The van der Waals surface area contributed by atoms with Gasteiger partial charge < -0.3 is 27.3 Å². The molecular formula is C39H81BO6Si3. The third-order valence-electron chi connectivity index (χ3n) is 13.1. The maximum absolute atomic E-state index is 7.83. The predicted octanol–water partition coefficient (Wildman–Crippen LogP) is 12.2. The number of rotatable bonds is 17. The molecule has 2 aliphatic heterocycles. The molecule has 0 aromatic carbocycles. The molecule has 2 heterocycles.